The van der Waals surface area contributed by atoms with Crippen molar-refractivity contribution in [1.29, 1.82) is 0 Å². The van der Waals surface area contributed by atoms with Crippen LogP contribution in [0.3, 0.4) is 0 Å². The first-order chi connectivity index (χ1) is 10.2. The summed E-state index contributed by atoms with van der Waals surface area (Å²) in [6.45, 7) is 4.38. The average Bonchev–Trinajstić information content (AvgIpc) is 3.18. The van der Waals surface area contributed by atoms with Crippen LogP contribution < -0.4 is 5.32 Å². The molecule has 4 heteroatoms. The van der Waals surface area contributed by atoms with Gasteiger partial charge in [0.1, 0.15) is 0 Å². The maximum absolute atomic E-state index is 12.8. The normalized spacial score (nSPS) is 37.8. The zero-order chi connectivity index (χ0) is 14.8. The van der Waals surface area contributed by atoms with Crippen molar-refractivity contribution in [3.63, 3.8) is 0 Å². The summed E-state index contributed by atoms with van der Waals surface area (Å²) in [5.74, 6) is 2.29. The second-order valence-electron chi connectivity index (χ2n) is 6.91. The van der Waals surface area contributed by atoms with Crippen LogP contribution in [0, 0.1) is 5.92 Å². The molecule has 1 heterocycles. The van der Waals surface area contributed by atoms with Crippen LogP contribution in [0.5, 0.6) is 0 Å². The van der Waals surface area contributed by atoms with E-state index in [0.717, 1.165) is 11.7 Å². The van der Waals surface area contributed by atoms with Crippen LogP contribution in [-0.2, 0) is 4.79 Å². The predicted octanol–water partition coefficient (Wildman–Crippen LogP) is 3.39. The molecule has 1 amide bonds. The summed E-state index contributed by atoms with van der Waals surface area (Å²) in [4.78, 5) is 15.1. The molecular weight excluding hydrogens is 280 g/mol. The number of nitrogens with one attached hydrogen (secondary N) is 1. The van der Waals surface area contributed by atoms with Gasteiger partial charge in [0, 0.05) is 11.3 Å². The zero-order valence-electron chi connectivity index (χ0n) is 13.5. The highest BCUT2D eigenvalue weighted by molar-refractivity contribution is 7.99. The van der Waals surface area contributed by atoms with Crippen molar-refractivity contribution >= 4 is 17.7 Å². The quantitative estimate of drug-likeness (QED) is 0.845. The van der Waals surface area contributed by atoms with Crippen LogP contribution in [0.2, 0.25) is 0 Å². The Balaban J connectivity index is 1.71. The van der Waals surface area contributed by atoms with E-state index in [4.69, 9.17) is 0 Å². The second-order valence-corrected chi connectivity index (χ2v) is 8.48. The molecule has 3 aliphatic rings. The highest BCUT2D eigenvalue weighted by atomic mass is 32.2. The fourth-order valence-electron chi connectivity index (χ4n) is 4.57. The smallest absolute Gasteiger partial charge is 0.241 e. The third-order valence-corrected chi connectivity index (χ3v) is 6.86. The fraction of sp³-hybridized carbons (Fsp3) is 0.941. The lowest BCUT2D eigenvalue weighted by Crippen LogP contribution is -2.47. The summed E-state index contributed by atoms with van der Waals surface area (Å²) >= 11 is 2.08. The van der Waals surface area contributed by atoms with Crippen molar-refractivity contribution in [3.05, 3.63) is 0 Å². The second kappa shape index (κ2) is 6.91. The SMILES string of the molecule is CCSC1CCC(N2C(=O)C(CC)NC2C2CCCC2)C1. The van der Waals surface area contributed by atoms with Crippen molar-refractivity contribution < 1.29 is 4.79 Å². The lowest BCUT2D eigenvalue weighted by molar-refractivity contribution is -0.133. The first-order valence-electron chi connectivity index (χ1n) is 8.94. The highest BCUT2D eigenvalue weighted by Gasteiger charge is 2.46. The van der Waals surface area contributed by atoms with E-state index >= 15 is 0 Å². The summed E-state index contributed by atoms with van der Waals surface area (Å²) < 4.78 is 0. The minimum absolute atomic E-state index is 0.0773. The van der Waals surface area contributed by atoms with Crippen LogP contribution in [0.15, 0.2) is 0 Å². The van der Waals surface area contributed by atoms with E-state index in [0.29, 0.717) is 24.0 Å². The Morgan fingerprint density at radius 2 is 1.95 bits per heavy atom. The van der Waals surface area contributed by atoms with Crippen LogP contribution in [0.25, 0.3) is 0 Å². The lowest BCUT2D eigenvalue weighted by Gasteiger charge is -2.34. The molecule has 0 radical (unpaired) electrons. The predicted molar refractivity (Wildman–Crippen MR) is 89.4 cm³/mol. The summed E-state index contributed by atoms with van der Waals surface area (Å²) in [7, 11) is 0. The van der Waals surface area contributed by atoms with Gasteiger partial charge < -0.3 is 4.90 Å². The Morgan fingerprint density at radius 1 is 1.19 bits per heavy atom. The van der Waals surface area contributed by atoms with Crippen LogP contribution >= 0.6 is 11.8 Å². The van der Waals surface area contributed by atoms with Gasteiger partial charge in [0.25, 0.3) is 0 Å². The summed E-state index contributed by atoms with van der Waals surface area (Å²) in [5.41, 5.74) is 0. The van der Waals surface area contributed by atoms with Gasteiger partial charge >= 0.3 is 0 Å². The number of amides is 1. The first-order valence-corrected chi connectivity index (χ1v) is 9.99. The molecule has 0 spiro atoms. The number of carbonyl (C=O) groups is 1. The van der Waals surface area contributed by atoms with Crippen molar-refractivity contribution in [2.75, 3.05) is 5.75 Å². The molecule has 0 aromatic rings. The number of rotatable bonds is 5. The molecule has 1 aliphatic heterocycles. The molecule has 21 heavy (non-hydrogen) atoms. The molecule has 4 unspecified atom stereocenters. The van der Waals surface area contributed by atoms with Gasteiger partial charge in [-0.25, -0.2) is 0 Å². The van der Waals surface area contributed by atoms with Gasteiger partial charge in [0.2, 0.25) is 5.91 Å². The molecule has 0 aromatic carbocycles. The van der Waals surface area contributed by atoms with Crippen molar-refractivity contribution in [3.8, 4) is 0 Å². The van der Waals surface area contributed by atoms with Crippen molar-refractivity contribution in [2.24, 2.45) is 5.92 Å². The van der Waals surface area contributed by atoms with Gasteiger partial charge in [-0.1, -0.05) is 26.7 Å². The standard InChI is InChI=1S/C17H30N2OS/c1-3-15-17(20)19(13-9-10-14(11-13)21-4-2)16(18-15)12-7-5-6-8-12/h12-16,18H,3-11H2,1-2H3. The minimum atomic E-state index is 0.0773. The summed E-state index contributed by atoms with van der Waals surface area (Å²) in [6, 6.07) is 0.574. The molecule has 2 saturated carbocycles. The van der Waals surface area contributed by atoms with E-state index in [1.54, 1.807) is 0 Å². The zero-order valence-corrected chi connectivity index (χ0v) is 14.3. The molecular formula is C17H30N2OS. The van der Waals surface area contributed by atoms with Gasteiger partial charge in [-0.05, 0) is 50.2 Å². The van der Waals surface area contributed by atoms with E-state index in [1.807, 2.05) is 0 Å². The van der Waals surface area contributed by atoms with E-state index in [-0.39, 0.29) is 6.04 Å². The van der Waals surface area contributed by atoms with Crippen molar-refractivity contribution in [2.45, 2.75) is 88.7 Å². The van der Waals surface area contributed by atoms with Gasteiger partial charge in [-0.3, -0.25) is 10.1 Å². The average molecular weight is 311 g/mol. The molecule has 0 aromatic heterocycles. The van der Waals surface area contributed by atoms with E-state index in [9.17, 15) is 4.79 Å². The van der Waals surface area contributed by atoms with Gasteiger partial charge in [-0.2, -0.15) is 11.8 Å². The highest BCUT2D eigenvalue weighted by Crippen LogP contribution is 2.39. The number of hydrogen-bond acceptors (Lipinski definition) is 3. The Bertz CT molecular complexity index is 370. The number of hydrogen-bond donors (Lipinski definition) is 1. The Kier molecular flexibility index (Phi) is 5.15. The molecule has 0 bridgehead atoms. The maximum atomic E-state index is 12.8. The Labute approximate surface area is 133 Å². The lowest BCUT2D eigenvalue weighted by atomic mass is 10.0. The van der Waals surface area contributed by atoms with Gasteiger partial charge in [-0.15, -0.1) is 0 Å². The number of thioether (sulfide) groups is 1. The molecule has 3 rings (SSSR count). The first kappa shape index (κ1) is 15.7. The maximum Gasteiger partial charge on any atom is 0.241 e. The monoisotopic (exact) mass is 310 g/mol. The Hall–Kier alpha value is -0.220. The molecule has 3 nitrogen and oxygen atoms in total. The molecule has 3 fully saturated rings. The third kappa shape index (κ3) is 3.12. The largest absolute Gasteiger partial charge is 0.322 e. The van der Waals surface area contributed by atoms with E-state index < -0.39 is 0 Å². The molecule has 120 valence electrons. The van der Waals surface area contributed by atoms with Crippen LogP contribution in [0.1, 0.15) is 65.2 Å². The topological polar surface area (TPSA) is 32.3 Å². The molecule has 4 atom stereocenters. The molecule has 1 saturated heterocycles. The van der Waals surface area contributed by atoms with Crippen molar-refractivity contribution in [1.82, 2.24) is 10.2 Å². The van der Waals surface area contributed by atoms with E-state index in [1.165, 1.54) is 50.7 Å². The van der Waals surface area contributed by atoms with E-state index in [2.05, 4.69) is 35.8 Å². The van der Waals surface area contributed by atoms with Gasteiger partial charge in [0.05, 0.1) is 12.2 Å². The number of nitrogens with zero attached hydrogens (tertiary/aromatic N) is 1. The third-order valence-electron chi connectivity index (χ3n) is 5.63. The Morgan fingerprint density at radius 3 is 2.62 bits per heavy atom. The van der Waals surface area contributed by atoms with Crippen LogP contribution in [0.4, 0.5) is 0 Å². The fourth-order valence-corrected chi connectivity index (χ4v) is 5.70. The molecule has 1 N–H and O–H groups in total. The van der Waals surface area contributed by atoms with Gasteiger partial charge in [0.15, 0.2) is 0 Å². The summed E-state index contributed by atoms with van der Waals surface area (Å²) in [6.07, 6.45) is 10.3. The number of carbonyl (C=O) groups excluding carboxylic acids is 1. The van der Waals surface area contributed by atoms with Crippen LogP contribution in [-0.4, -0.2) is 40.1 Å². The molecule has 2 aliphatic carbocycles. The minimum Gasteiger partial charge on any atom is -0.322 e. The summed E-state index contributed by atoms with van der Waals surface area (Å²) in [5, 5.41) is 4.45.